The van der Waals surface area contributed by atoms with E-state index in [0.717, 1.165) is 0 Å². The largest absolute Gasteiger partial charge is 0.458 e. The minimum atomic E-state index is -0.301. The molecule has 1 atom stereocenters. The van der Waals surface area contributed by atoms with Crippen molar-refractivity contribution in [2.45, 2.75) is 13.0 Å². The Bertz CT molecular complexity index is 298. The first-order chi connectivity index (χ1) is 6.13. The fraction of sp³-hybridized carbons (Fsp3) is 0.375. The summed E-state index contributed by atoms with van der Waals surface area (Å²) in [6.07, 6.45) is 1.31. The number of carbonyl (C=O) groups excluding carboxylic acids is 1. The van der Waals surface area contributed by atoms with Crippen LogP contribution in [0.3, 0.4) is 0 Å². The first-order valence-electron chi connectivity index (χ1n) is 3.88. The summed E-state index contributed by atoms with van der Waals surface area (Å²) in [5.74, 6) is -0.102. The van der Waals surface area contributed by atoms with E-state index in [1.165, 1.54) is 12.3 Å². The highest BCUT2D eigenvalue weighted by molar-refractivity contribution is 6.30. The van der Waals surface area contributed by atoms with E-state index < -0.39 is 0 Å². The average molecular weight is 203 g/mol. The Labute approximate surface area is 81.0 Å². The molecule has 0 fully saturated rings. The minimum absolute atomic E-state index is 0.0728. The van der Waals surface area contributed by atoms with Crippen molar-refractivity contribution in [3.63, 3.8) is 0 Å². The van der Waals surface area contributed by atoms with E-state index >= 15 is 0 Å². The van der Waals surface area contributed by atoms with E-state index in [2.05, 4.69) is 5.32 Å². The summed E-state index contributed by atoms with van der Waals surface area (Å²) in [4.78, 5) is 11.3. The van der Waals surface area contributed by atoms with Crippen LogP contribution in [0.25, 0.3) is 0 Å². The molecule has 0 spiro atoms. The highest BCUT2D eigenvalue weighted by Crippen LogP contribution is 2.12. The summed E-state index contributed by atoms with van der Waals surface area (Å²) in [6, 6.07) is 1.39. The van der Waals surface area contributed by atoms with Gasteiger partial charge in [0.25, 0.3) is 5.91 Å². The van der Waals surface area contributed by atoms with Crippen molar-refractivity contribution in [1.82, 2.24) is 5.32 Å². The second-order valence-corrected chi connectivity index (χ2v) is 3.18. The molecule has 1 aromatic rings. The number of amides is 1. The van der Waals surface area contributed by atoms with E-state index in [4.69, 9.17) is 21.8 Å². The lowest BCUT2D eigenvalue weighted by molar-refractivity contribution is 0.0913. The number of furan rings is 1. The van der Waals surface area contributed by atoms with Crippen molar-refractivity contribution in [2.75, 3.05) is 6.54 Å². The molecule has 1 amide bonds. The monoisotopic (exact) mass is 202 g/mol. The summed E-state index contributed by atoms with van der Waals surface area (Å²) in [6.45, 7) is 2.20. The molecule has 0 saturated heterocycles. The van der Waals surface area contributed by atoms with Crippen molar-refractivity contribution >= 4 is 17.5 Å². The summed E-state index contributed by atoms with van der Waals surface area (Å²) in [5.41, 5.74) is 5.33. The number of rotatable bonds is 3. The van der Waals surface area contributed by atoms with Gasteiger partial charge in [-0.3, -0.25) is 4.79 Å². The molecular formula is C8H11ClN2O2. The van der Waals surface area contributed by atoms with Gasteiger partial charge in [-0.2, -0.15) is 0 Å². The number of hydrogen-bond donors (Lipinski definition) is 2. The highest BCUT2D eigenvalue weighted by Gasteiger charge is 2.12. The van der Waals surface area contributed by atoms with E-state index in [-0.39, 0.29) is 17.7 Å². The summed E-state index contributed by atoms with van der Waals surface area (Å²) < 4.78 is 4.89. The molecule has 1 aromatic heterocycles. The van der Waals surface area contributed by atoms with Crippen LogP contribution < -0.4 is 11.1 Å². The van der Waals surface area contributed by atoms with Crippen molar-refractivity contribution in [1.29, 1.82) is 0 Å². The number of carbonyl (C=O) groups is 1. The van der Waals surface area contributed by atoms with Gasteiger partial charge in [0.2, 0.25) is 0 Å². The number of halogens is 1. The van der Waals surface area contributed by atoms with Gasteiger partial charge in [-0.15, -0.1) is 0 Å². The van der Waals surface area contributed by atoms with Crippen LogP contribution in [0.15, 0.2) is 16.7 Å². The van der Waals surface area contributed by atoms with Gasteiger partial charge in [0.1, 0.15) is 6.26 Å². The molecule has 0 bridgehead atoms. The summed E-state index contributed by atoms with van der Waals surface area (Å²) >= 11 is 5.58. The predicted molar refractivity (Wildman–Crippen MR) is 49.7 cm³/mol. The molecule has 4 nitrogen and oxygen atoms in total. The van der Waals surface area contributed by atoms with Gasteiger partial charge >= 0.3 is 0 Å². The molecule has 1 rings (SSSR count). The van der Waals surface area contributed by atoms with Gasteiger partial charge in [-0.25, -0.2) is 0 Å². The molecular weight excluding hydrogens is 192 g/mol. The maximum atomic E-state index is 11.3. The minimum Gasteiger partial charge on any atom is -0.458 e. The second-order valence-electron chi connectivity index (χ2n) is 2.74. The van der Waals surface area contributed by atoms with E-state index in [9.17, 15) is 4.79 Å². The van der Waals surface area contributed by atoms with Crippen molar-refractivity contribution in [3.05, 3.63) is 23.1 Å². The molecule has 13 heavy (non-hydrogen) atoms. The molecule has 0 saturated carbocycles. The van der Waals surface area contributed by atoms with Crippen LogP contribution >= 0.6 is 11.6 Å². The Morgan fingerprint density at radius 2 is 2.54 bits per heavy atom. The summed E-state index contributed by atoms with van der Waals surface area (Å²) in [5, 5.41) is 3.05. The molecule has 1 heterocycles. The van der Waals surface area contributed by atoms with Crippen LogP contribution in [-0.2, 0) is 0 Å². The lowest BCUT2D eigenvalue weighted by Gasteiger charge is -2.08. The zero-order valence-corrected chi connectivity index (χ0v) is 7.97. The Morgan fingerprint density at radius 1 is 1.85 bits per heavy atom. The first kappa shape index (κ1) is 10.1. The van der Waals surface area contributed by atoms with Gasteiger partial charge in [-0.05, 0) is 6.92 Å². The molecule has 1 unspecified atom stereocenters. The number of nitrogens with two attached hydrogens (primary N) is 1. The fourth-order valence-electron chi connectivity index (χ4n) is 0.786. The standard InChI is InChI=1S/C8H11ClN2O2/c1-5(3-10)11-8(12)7-2-6(9)4-13-7/h2,4-5H,3,10H2,1H3,(H,11,12). The van der Waals surface area contributed by atoms with Crippen molar-refractivity contribution in [2.24, 2.45) is 5.73 Å². The third-order valence-corrected chi connectivity index (χ3v) is 1.72. The average Bonchev–Trinajstić information content (AvgIpc) is 2.51. The second kappa shape index (κ2) is 4.30. The van der Waals surface area contributed by atoms with E-state index in [0.29, 0.717) is 11.6 Å². The van der Waals surface area contributed by atoms with E-state index in [1.807, 2.05) is 6.92 Å². The maximum absolute atomic E-state index is 11.3. The lowest BCUT2D eigenvalue weighted by atomic mass is 10.3. The highest BCUT2D eigenvalue weighted by atomic mass is 35.5. The normalized spacial score (nSPS) is 12.5. The van der Waals surface area contributed by atoms with Gasteiger partial charge in [-0.1, -0.05) is 11.6 Å². The Hall–Kier alpha value is -1.00. The molecule has 5 heteroatoms. The lowest BCUT2D eigenvalue weighted by Crippen LogP contribution is -2.37. The quantitative estimate of drug-likeness (QED) is 0.769. The Morgan fingerprint density at radius 3 is 3.00 bits per heavy atom. The number of hydrogen-bond acceptors (Lipinski definition) is 3. The van der Waals surface area contributed by atoms with Crippen molar-refractivity contribution < 1.29 is 9.21 Å². The van der Waals surface area contributed by atoms with Gasteiger partial charge in [0, 0.05) is 18.7 Å². The van der Waals surface area contributed by atoms with Crippen LogP contribution in [0.1, 0.15) is 17.5 Å². The Balaban J connectivity index is 2.58. The molecule has 0 aliphatic rings. The fourth-order valence-corrected chi connectivity index (χ4v) is 0.930. The molecule has 0 aliphatic heterocycles. The Kier molecular flexibility index (Phi) is 3.33. The van der Waals surface area contributed by atoms with Crippen LogP contribution in [0.5, 0.6) is 0 Å². The zero-order chi connectivity index (χ0) is 9.84. The molecule has 72 valence electrons. The van der Waals surface area contributed by atoms with Gasteiger partial charge in [0.05, 0.1) is 5.02 Å². The smallest absolute Gasteiger partial charge is 0.287 e. The first-order valence-corrected chi connectivity index (χ1v) is 4.26. The van der Waals surface area contributed by atoms with Crippen LogP contribution in [-0.4, -0.2) is 18.5 Å². The predicted octanol–water partition coefficient (Wildman–Crippen LogP) is 1.01. The summed E-state index contributed by atoms with van der Waals surface area (Å²) in [7, 11) is 0. The van der Waals surface area contributed by atoms with Crippen LogP contribution in [0.4, 0.5) is 0 Å². The van der Waals surface area contributed by atoms with Crippen LogP contribution in [0.2, 0.25) is 5.02 Å². The number of nitrogens with one attached hydrogen (secondary N) is 1. The van der Waals surface area contributed by atoms with E-state index in [1.54, 1.807) is 0 Å². The molecule has 0 aromatic carbocycles. The zero-order valence-electron chi connectivity index (χ0n) is 7.21. The third-order valence-electron chi connectivity index (χ3n) is 1.52. The topological polar surface area (TPSA) is 68.3 Å². The van der Waals surface area contributed by atoms with Gasteiger partial charge < -0.3 is 15.5 Å². The molecule has 0 radical (unpaired) electrons. The molecule has 0 aliphatic carbocycles. The molecule has 3 N–H and O–H groups in total. The van der Waals surface area contributed by atoms with Gasteiger partial charge in [0.15, 0.2) is 5.76 Å². The third kappa shape index (κ3) is 2.75. The SMILES string of the molecule is CC(CN)NC(=O)c1cc(Cl)co1. The maximum Gasteiger partial charge on any atom is 0.287 e. The van der Waals surface area contributed by atoms with Crippen LogP contribution in [0, 0.1) is 0 Å². The van der Waals surface area contributed by atoms with Crippen molar-refractivity contribution in [3.8, 4) is 0 Å².